The van der Waals surface area contributed by atoms with E-state index < -0.39 is 17.7 Å². The summed E-state index contributed by atoms with van der Waals surface area (Å²) in [6, 6.07) is 15.9. The summed E-state index contributed by atoms with van der Waals surface area (Å²) in [5, 5.41) is 12.0. The Morgan fingerprint density at radius 2 is 1.65 bits per heavy atom. The van der Waals surface area contributed by atoms with Gasteiger partial charge in [0.05, 0.1) is 31.4 Å². The smallest absolute Gasteiger partial charge is 0.300 e. The summed E-state index contributed by atoms with van der Waals surface area (Å²) in [7, 11) is 2.93. The number of carbonyl (C=O) groups excluding carboxylic acids is 2. The molecule has 0 aromatic heterocycles. The van der Waals surface area contributed by atoms with Crippen LogP contribution in [0, 0.1) is 6.92 Å². The molecule has 1 aliphatic heterocycles. The van der Waals surface area contributed by atoms with Gasteiger partial charge in [-0.05, 0) is 48.9 Å². The first-order chi connectivity index (χ1) is 16.2. The lowest BCUT2D eigenvalue weighted by Gasteiger charge is -2.26. The van der Waals surface area contributed by atoms with Crippen molar-refractivity contribution in [3.05, 3.63) is 93.0 Å². The summed E-state index contributed by atoms with van der Waals surface area (Å²) in [6.45, 7) is 1.90. The molecule has 1 N–H and O–H groups in total. The Hall–Kier alpha value is -3.48. The SMILES string of the molecule is COc1ccc(OC)c(/C(O)=C2\C(=O)C(=O)N(c3cc(Cl)cc(Cl)c3)C2c2cccc(C)c2)c1. The number of hydrogen-bond donors (Lipinski definition) is 1. The number of carbonyl (C=O) groups is 2. The molecule has 0 saturated carbocycles. The molecule has 0 radical (unpaired) electrons. The van der Waals surface area contributed by atoms with E-state index in [1.807, 2.05) is 25.1 Å². The molecule has 1 amide bonds. The van der Waals surface area contributed by atoms with E-state index in [2.05, 4.69) is 0 Å². The van der Waals surface area contributed by atoms with Crippen molar-refractivity contribution in [1.82, 2.24) is 0 Å². The lowest BCUT2D eigenvalue weighted by atomic mass is 9.94. The van der Waals surface area contributed by atoms with E-state index in [0.29, 0.717) is 32.8 Å². The molecule has 0 bridgehead atoms. The van der Waals surface area contributed by atoms with Crippen LogP contribution in [0.2, 0.25) is 10.0 Å². The molecule has 3 aromatic rings. The van der Waals surface area contributed by atoms with E-state index >= 15 is 0 Å². The minimum Gasteiger partial charge on any atom is -0.507 e. The molecule has 1 saturated heterocycles. The molecule has 4 rings (SSSR count). The van der Waals surface area contributed by atoms with E-state index in [9.17, 15) is 14.7 Å². The Morgan fingerprint density at radius 3 is 2.26 bits per heavy atom. The number of Topliss-reactive ketones (excluding diaryl/α,β-unsaturated/α-hetero) is 1. The number of aliphatic hydroxyl groups is 1. The molecule has 174 valence electrons. The first-order valence-electron chi connectivity index (χ1n) is 10.3. The third-order valence-corrected chi connectivity index (χ3v) is 6.03. The van der Waals surface area contributed by atoms with Gasteiger partial charge in [0.2, 0.25) is 0 Å². The van der Waals surface area contributed by atoms with Crippen LogP contribution in [0.3, 0.4) is 0 Å². The standard InChI is InChI=1S/C26H21Cl2NO5/c1-14-5-4-6-15(9-14)23-22(24(30)20-13-19(33-2)7-8-21(20)34-3)25(31)26(32)29(23)18-11-16(27)10-17(28)12-18/h4-13,23,30H,1-3H3/b24-22+. The molecule has 1 unspecified atom stereocenters. The molecule has 8 heteroatoms. The first kappa shape index (κ1) is 23.7. The summed E-state index contributed by atoms with van der Waals surface area (Å²) in [5.41, 5.74) is 2.03. The van der Waals surface area contributed by atoms with Crippen LogP contribution in [0.1, 0.15) is 22.7 Å². The van der Waals surface area contributed by atoms with E-state index in [0.717, 1.165) is 5.56 Å². The maximum absolute atomic E-state index is 13.3. The van der Waals surface area contributed by atoms with Gasteiger partial charge in [0.25, 0.3) is 11.7 Å². The summed E-state index contributed by atoms with van der Waals surface area (Å²) in [4.78, 5) is 28.0. The van der Waals surface area contributed by atoms with Crippen molar-refractivity contribution >= 4 is 46.3 Å². The molecule has 1 fully saturated rings. The second-order valence-corrected chi connectivity index (χ2v) is 8.65. The Labute approximate surface area is 206 Å². The van der Waals surface area contributed by atoms with Gasteiger partial charge >= 0.3 is 0 Å². The Balaban J connectivity index is 2.01. The zero-order valence-corrected chi connectivity index (χ0v) is 20.1. The number of aryl methyl sites for hydroxylation is 1. The maximum atomic E-state index is 13.3. The minimum atomic E-state index is -0.926. The van der Waals surface area contributed by atoms with Gasteiger partial charge in [-0.15, -0.1) is 0 Å². The van der Waals surface area contributed by atoms with Gasteiger partial charge in [-0.3, -0.25) is 14.5 Å². The highest BCUT2D eigenvalue weighted by Crippen LogP contribution is 2.44. The number of ether oxygens (including phenoxy) is 2. The van der Waals surface area contributed by atoms with Gasteiger partial charge in [0.1, 0.15) is 17.3 Å². The van der Waals surface area contributed by atoms with Gasteiger partial charge in [0.15, 0.2) is 0 Å². The number of hydrogen-bond acceptors (Lipinski definition) is 5. The second kappa shape index (κ2) is 9.41. The number of halogens is 2. The molecule has 1 heterocycles. The number of benzene rings is 3. The van der Waals surface area contributed by atoms with Crippen LogP contribution in [0.15, 0.2) is 66.2 Å². The van der Waals surface area contributed by atoms with E-state index in [1.54, 1.807) is 36.4 Å². The number of amides is 1. The van der Waals surface area contributed by atoms with Crippen molar-refractivity contribution in [3.8, 4) is 11.5 Å². The van der Waals surface area contributed by atoms with Crippen LogP contribution in [-0.2, 0) is 9.59 Å². The zero-order chi connectivity index (χ0) is 24.6. The van der Waals surface area contributed by atoms with Crippen molar-refractivity contribution in [3.63, 3.8) is 0 Å². The minimum absolute atomic E-state index is 0.0850. The number of nitrogens with zero attached hydrogens (tertiary/aromatic N) is 1. The number of aliphatic hydroxyl groups excluding tert-OH is 1. The molecule has 34 heavy (non-hydrogen) atoms. The van der Waals surface area contributed by atoms with Crippen molar-refractivity contribution in [2.45, 2.75) is 13.0 Å². The van der Waals surface area contributed by atoms with Crippen LogP contribution < -0.4 is 14.4 Å². The quantitative estimate of drug-likeness (QED) is 0.268. The Bertz CT molecular complexity index is 1310. The van der Waals surface area contributed by atoms with Gasteiger partial charge in [-0.25, -0.2) is 0 Å². The van der Waals surface area contributed by atoms with Crippen LogP contribution in [0.5, 0.6) is 11.5 Å². The van der Waals surface area contributed by atoms with Crippen LogP contribution in [0.4, 0.5) is 5.69 Å². The third kappa shape index (κ3) is 4.22. The number of rotatable bonds is 5. The zero-order valence-electron chi connectivity index (χ0n) is 18.6. The third-order valence-electron chi connectivity index (χ3n) is 5.59. The predicted molar refractivity (Wildman–Crippen MR) is 132 cm³/mol. The van der Waals surface area contributed by atoms with Crippen LogP contribution >= 0.6 is 23.2 Å². The van der Waals surface area contributed by atoms with Gasteiger partial charge < -0.3 is 14.6 Å². The lowest BCUT2D eigenvalue weighted by Crippen LogP contribution is -2.29. The van der Waals surface area contributed by atoms with Crippen molar-refractivity contribution < 1.29 is 24.2 Å². The van der Waals surface area contributed by atoms with E-state index in [-0.39, 0.29) is 16.9 Å². The Kier molecular flexibility index (Phi) is 6.55. The molecule has 1 aliphatic rings. The molecular formula is C26H21Cl2NO5. The van der Waals surface area contributed by atoms with Gasteiger partial charge in [-0.1, -0.05) is 53.0 Å². The van der Waals surface area contributed by atoms with Crippen LogP contribution in [0.25, 0.3) is 5.76 Å². The summed E-state index contributed by atoms with van der Waals surface area (Å²) < 4.78 is 10.7. The number of methoxy groups -OCH3 is 2. The highest BCUT2D eigenvalue weighted by atomic mass is 35.5. The highest BCUT2D eigenvalue weighted by Gasteiger charge is 2.47. The average Bonchev–Trinajstić information content (AvgIpc) is 3.08. The molecule has 6 nitrogen and oxygen atoms in total. The fourth-order valence-corrected chi connectivity index (χ4v) is 4.59. The van der Waals surface area contributed by atoms with Crippen molar-refractivity contribution in [2.75, 3.05) is 19.1 Å². The molecular weight excluding hydrogens is 477 g/mol. The number of ketones is 1. The summed E-state index contributed by atoms with van der Waals surface area (Å²) >= 11 is 12.4. The highest BCUT2D eigenvalue weighted by molar-refractivity contribution is 6.52. The van der Waals surface area contributed by atoms with Gasteiger partial charge in [0, 0.05) is 15.7 Å². The van der Waals surface area contributed by atoms with Crippen molar-refractivity contribution in [1.29, 1.82) is 0 Å². The Morgan fingerprint density at radius 1 is 0.941 bits per heavy atom. The molecule has 0 aliphatic carbocycles. The lowest BCUT2D eigenvalue weighted by molar-refractivity contribution is -0.132. The molecule has 1 atom stereocenters. The molecule has 3 aromatic carbocycles. The second-order valence-electron chi connectivity index (χ2n) is 7.78. The van der Waals surface area contributed by atoms with E-state index in [4.69, 9.17) is 32.7 Å². The average molecular weight is 498 g/mol. The van der Waals surface area contributed by atoms with E-state index in [1.165, 1.54) is 25.2 Å². The first-order valence-corrected chi connectivity index (χ1v) is 11.1. The fourth-order valence-electron chi connectivity index (χ4n) is 4.08. The fraction of sp³-hybridized carbons (Fsp3) is 0.154. The summed E-state index contributed by atoms with van der Waals surface area (Å²) in [6.07, 6.45) is 0. The van der Waals surface area contributed by atoms with Gasteiger partial charge in [-0.2, -0.15) is 0 Å². The maximum Gasteiger partial charge on any atom is 0.300 e. The van der Waals surface area contributed by atoms with Crippen molar-refractivity contribution in [2.24, 2.45) is 0 Å². The topological polar surface area (TPSA) is 76.1 Å². The molecule has 0 spiro atoms. The largest absolute Gasteiger partial charge is 0.507 e. The number of anilines is 1. The summed E-state index contributed by atoms with van der Waals surface area (Å²) in [5.74, 6) is -1.27. The monoisotopic (exact) mass is 497 g/mol. The predicted octanol–water partition coefficient (Wildman–Crippen LogP) is 5.95. The normalized spacial score (nSPS) is 17.2. The van der Waals surface area contributed by atoms with Crippen LogP contribution in [-0.4, -0.2) is 31.0 Å².